The number of nitrogens with zero attached hydrogens (tertiary/aromatic N) is 20. The summed E-state index contributed by atoms with van der Waals surface area (Å²) in [5.74, 6) is -2.02. The average molecular weight is 2130 g/mol. The molecule has 9 saturated heterocycles. The monoisotopic (exact) mass is 2130 g/mol. The van der Waals surface area contributed by atoms with E-state index >= 15 is 26.3 Å². The van der Waals surface area contributed by atoms with Crippen LogP contribution in [0.4, 0.5) is 61.6 Å². The summed E-state index contributed by atoms with van der Waals surface area (Å²) in [5.41, 5.74) is 14.0. The van der Waals surface area contributed by atoms with Crippen LogP contribution in [0.5, 0.6) is 0 Å². The SMILES string of the molecule is Nc1nc2c(ncn2[C@@H]2O[C@@H]3COP(O)(=S)O[C@H]4[C@H](F)[C@H](n5cnc6c5N=CCC6=O)O[C@@H]4COP(O)(=S)O[C@@H]2[C@H]3F)c(=O)[nH]1.Nc1nc2c(ncn2[C@@H]2O[C@@H]3COP(O)(=S)O[C@H]4[C@H](F)[C@H](n5nnc6c5N=CCC6=O)O[C@@H]4COP(=O)(S)O[C@@H]2[C@@H]3F)c(=O)[nH]1.Nc1nc2c(ncn2[C@@H]2O[C@@H]3COP(O)(=S)O[C@H]4[C@H](F)[C@H](n5nnc6c5N=CCC6=O)O[C@@H]4COP(O)(=S)O[C@@H]2[C@@H]3F)c(=O)[nH]1. The number of thiol groups is 1. The van der Waals surface area contributed by atoms with Gasteiger partial charge in [0.25, 0.3) is 16.7 Å². The number of aliphatic imine (C=N–C) groups is 3. The van der Waals surface area contributed by atoms with Gasteiger partial charge in [-0.25, -0.2) is 65.8 Å². The van der Waals surface area contributed by atoms with Crippen LogP contribution in [0.3, 0.4) is 0 Å². The zero-order valence-corrected chi connectivity index (χ0v) is 77.2. The lowest BCUT2D eigenvalue weighted by Crippen LogP contribution is -2.34. The summed E-state index contributed by atoms with van der Waals surface area (Å²) in [5, 5.41) is 15.1. The third kappa shape index (κ3) is 18.8. The second-order valence-corrected chi connectivity index (χ2v) is 47.3. The van der Waals surface area contributed by atoms with Gasteiger partial charge < -0.3 is 92.7 Å². The molecular formula is C61H64F6N26O30P6S6. The van der Waals surface area contributed by atoms with Crippen LogP contribution in [0.1, 0.15) is 88.1 Å². The van der Waals surface area contributed by atoms with Gasteiger partial charge in [-0.3, -0.25) is 93.7 Å². The molecule has 21 rings (SSSR count). The first-order valence-corrected chi connectivity index (χ1v) is 54.6. The number of imidazole rings is 4. The van der Waals surface area contributed by atoms with Crippen molar-refractivity contribution in [1.82, 2.24) is 98.1 Å². The molecule has 6 bridgehead atoms. The van der Waals surface area contributed by atoms with Crippen molar-refractivity contribution in [3.05, 3.63) is 73.5 Å². The molecule has 9 aromatic heterocycles. The predicted molar refractivity (Wildman–Crippen MR) is 458 cm³/mol. The first-order chi connectivity index (χ1) is 63.9. The van der Waals surface area contributed by atoms with Crippen LogP contribution in [0, 0.1) is 0 Å². The van der Waals surface area contributed by atoms with E-state index in [9.17, 15) is 57.8 Å². The van der Waals surface area contributed by atoms with Crippen molar-refractivity contribution in [3.8, 4) is 0 Å². The molecule has 0 spiro atoms. The molecule has 0 aromatic carbocycles. The predicted octanol–water partition coefficient (Wildman–Crippen LogP) is 1.44. The number of aromatic amines is 3. The third-order valence-corrected chi connectivity index (χ3v) is 31.2. The van der Waals surface area contributed by atoms with E-state index in [1.807, 2.05) is 0 Å². The van der Waals surface area contributed by atoms with Crippen molar-refractivity contribution in [1.29, 1.82) is 0 Å². The van der Waals surface area contributed by atoms with Crippen LogP contribution in [-0.2, 0) is 146 Å². The van der Waals surface area contributed by atoms with Gasteiger partial charge in [0, 0.05) is 37.9 Å². The number of H-pyrrole nitrogens is 3. The molecule has 30 atom stereocenters. The van der Waals surface area contributed by atoms with Gasteiger partial charge in [-0.1, -0.05) is 22.7 Å². The van der Waals surface area contributed by atoms with E-state index < -0.39 is 256 Å². The van der Waals surface area contributed by atoms with Gasteiger partial charge >= 0.3 is 40.4 Å². The number of ketones is 3. The molecule has 0 saturated carbocycles. The minimum atomic E-state index is -4.52. The summed E-state index contributed by atoms with van der Waals surface area (Å²) >= 11 is 29.6. The Morgan fingerprint density at radius 3 is 1.02 bits per heavy atom. The van der Waals surface area contributed by atoms with E-state index in [1.165, 1.54) is 29.5 Å². The van der Waals surface area contributed by atoms with Crippen molar-refractivity contribution < 1.29 is 152 Å². The number of carbonyl (C=O) groups is 3. The Hall–Kier alpha value is -7.55. The number of anilines is 3. The second-order valence-electron chi connectivity index (χ2n) is 30.4. The van der Waals surface area contributed by atoms with Crippen LogP contribution in [0.25, 0.3) is 33.5 Å². The average Bonchev–Trinajstić information content (AvgIpc) is 1.62. The number of alkyl halides is 6. The quantitative estimate of drug-likeness (QED) is 0.0636. The number of hydrogen-bond donors (Lipinski definition) is 12. The van der Waals surface area contributed by atoms with Crippen molar-refractivity contribution in [3.63, 3.8) is 0 Å². The molecule has 12 aliphatic rings. The van der Waals surface area contributed by atoms with Crippen LogP contribution in [0.2, 0.25) is 0 Å². The molecule has 9 fully saturated rings. The number of ether oxygens (including phenoxy) is 6. The normalized spacial score (nSPS) is 38.8. The van der Waals surface area contributed by atoms with Crippen LogP contribution in [0.15, 0.2) is 54.7 Å². The van der Waals surface area contributed by atoms with E-state index in [4.69, 9.17) is 159 Å². The topological polar surface area (TPSA) is 721 Å². The van der Waals surface area contributed by atoms with E-state index in [1.54, 1.807) is 0 Å². The number of halogens is 6. The van der Waals surface area contributed by atoms with E-state index in [2.05, 4.69) is 97.7 Å². The lowest BCUT2D eigenvalue weighted by molar-refractivity contribution is -0.0621. The zero-order valence-electron chi connectivity index (χ0n) is 66.8. The Morgan fingerprint density at radius 1 is 0.370 bits per heavy atom. The number of nitrogen functional groups attached to an aromatic ring is 3. The highest BCUT2D eigenvalue weighted by Crippen LogP contribution is 2.62. The molecule has 135 heavy (non-hydrogen) atoms. The maximum Gasteiger partial charge on any atom is 0.386 e. The molecule has 12 aliphatic heterocycles. The number of fused-ring (bicyclic) bond motifs is 15. The van der Waals surface area contributed by atoms with Crippen molar-refractivity contribution in [2.45, 2.75) is 167 Å². The van der Waals surface area contributed by atoms with Gasteiger partial charge in [0.1, 0.15) is 73.2 Å². The van der Waals surface area contributed by atoms with Gasteiger partial charge in [-0.05, 0) is 59.0 Å². The van der Waals surface area contributed by atoms with Crippen LogP contribution < -0.4 is 33.9 Å². The number of Topliss-reactive ketones (excluding diaryl/α,β-unsaturated/α-hetero) is 3. The molecule has 74 heteroatoms. The zero-order chi connectivity index (χ0) is 95.5. The summed E-state index contributed by atoms with van der Waals surface area (Å²) in [6, 6.07) is 0. The highest BCUT2D eigenvalue weighted by molar-refractivity contribution is 8.44. The highest BCUT2D eigenvalue weighted by Gasteiger charge is 2.60. The maximum absolute atomic E-state index is 16.0. The van der Waals surface area contributed by atoms with Crippen LogP contribution >= 0.6 is 52.6 Å². The number of nitrogens with one attached hydrogen (secondary N) is 3. The molecule has 14 N–H and O–H groups in total. The van der Waals surface area contributed by atoms with Crippen LogP contribution in [-0.4, -0.2) is 308 Å². The number of rotatable bonds is 6. The molecule has 6 unspecified atom stereocenters. The standard InChI is InChI=1S/C21H22F2N8O10P2S2.2C20H21F2N9O10P2S2/c22-10-8-3-36-42(34,44)40-14-9(39-19(11(14)23)30-5-26-12-7(32)1-2-25-16(12)30)4-37-43(35,45)41-15(10)20(38-8)31-6-27-13-17(31)28-21(24)29-18(13)33;2*21-9-7-3-36-42(34,44)40-13-8(39-18(10(13)22)31-15-11(28-29-31)6(32)1-2-24-15)4-37-43(35,45)41-14(9)19(38-7)30-5-25-12-16(30)26-20(23)27-17(12)33/h2,5-6,8-11,14-15,19-20H,1,3-4H2,(H,34,44)(H,35,45)(H3,24,28,29,33);2*2,5,7-10,13-14,18-19H,1,3-4H2,(H,34,44)(H,35,45)(H3,23,26,27,33)/t8-,9-,10+,11+,14-,15-,19-,20-,42?,43?;2*7-,8-,9-,10+,13-,14-,18-,19-,42?,43?/m111/s1. The molecule has 726 valence electrons. The third-order valence-electron chi connectivity index (χ3n) is 21.8. The summed E-state index contributed by atoms with van der Waals surface area (Å²) in [6.07, 6.45) is -32.2. The largest absolute Gasteiger partial charge is 0.386 e. The Morgan fingerprint density at radius 2 is 0.659 bits per heavy atom. The Kier molecular flexibility index (Phi) is 26.3. The van der Waals surface area contributed by atoms with E-state index in [-0.39, 0.29) is 111 Å². The number of hydrogen-bond acceptors (Lipinski definition) is 47. The first-order valence-electron chi connectivity index (χ1n) is 39.0. The number of aromatic nitrogens is 20. The Labute approximate surface area is 774 Å². The molecule has 21 heterocycles. The van der Waals surface area contributed by atoms with Gasteiger partial charge in [-0.15, -0.1) is 10.2 Å². The highest BCUT2D eigenvalue weighted by atomic mass is 32.7. The molecule has 9 aromatic rings. The smallest absolute Gasteiger partial charge is 0.369 e. The fourth-order valence-electron chi connectivity index (χ4n) is 15.8. The minimum Gasteiger partial charge on any atom is -0.369 e. The lowest BCUT2D eigenvalue weighted by atomic mass is 10.1. The Balaban J connectivity index is 0.000000130. The number of carbonyl (C=O) groups excluding carboxylic acids is 3. The van der Waals surface area contributed by atoms with E-state index in [0.29, 0.717) is 0 Å². The minimum absolute atomic E-state index is 0.0152. The number of nitrogens with two attached hydrogens (primary N) is 3. The molecule has 0 radical (unpaired) electrons. The molecular weight excluding hydrogens is 2070 g/mol. The van der Waals surface area contributed by atoms with Crippen molar-refractivity contribution >= 4 is 216 Å². The summed E-state index contributed by atoms with van der Waals surface area (Å²) in [6.45, 7) is -30.6. The molecule has 0 aliphatic carbocycles. The summed E-state index contributed by atoms with van der Waals surface area (Å²) in [4.78, 5) is 175. The van der Waals surface area contributed by atoms with Crippen molar-refractivity contribution in [2.75, 3.05) is 56.8 Å². The van der Waals surface area contributed by atoms with E-state index in [0.717, 1.165) is 42.0 Å². The molecule has 0 amide bonds. The molecule has 56 nitrogen and oxygen atoms in total. The maximum atomic E-state index is 16.0. The Bertz CT molecular complexity index is 6260. The lowest BCUT2D eigenvalue weighted by Gasteiger charge is -2.27. The van der Waals surface area contributed by atoms with Gasteiger partial charge in [0.05, 0.1) is 65.0 Å². The summed E-state index contributed by atoms with van der Waals surface area (Å²) in [7, 11) is 0. The second kappa shape index (κ2) is 36.8. The van der Waals surface area contributed by atoms with Gasteiger partial charge in [0.2, 0.25) is 17.8 Å². The van der Waals surface area contributed by atoms with Gasteiger partial charge in [-0.2, -0.15) is 24.3 Å². The fourth-order valence-corrected chi connectivity index (χ4v) is 24.4. The summed E-state index contributed by atoms with van der Waals surface area (Å²) < 4.78 is 215. The van der Waals surface area contributed by atoms with Gasteiger partial charge in [0.15, 0.2) is 160 Å². The first kappa shape index (κ1) is 96.3. The fraction of sp³-hybridized carbons (Fsp3) is 0.541. The van der Waals surface area contributed by atoms with Crippen molar-refractivity contribution in [2.24, 2.45) is 15.0 Å².